The molecule has 1 aliphatic heterocycles. The smallest absolute Gasteiger partial charge is 0.406 e. The van der Waals surface area contributed by atoms with Crippen molar-refractivity contribution in [2.75, 3.05) is 10.7 Å². The molecule has 3 amide bonds. The number of amides is 3. The van der Waals surface area contributed by atoms with E-state index in [-0.39, 0.29) is 17.4 Å². The number of aliphatic imine (C=N–C) groups is 1. The average Bonchev–Trinajstić information content (AvgIpc) is 3.60. The number of carbonyl (C=O) groups excluding carboxylic acids is 2. The maximum Gasteiger partial charge on any atom is 0.573 e. The largest absolute Gasteiger partial charge is 0.573 e. The Morgan fingerprint density at radius 3 is 2.55 bits per heavy atom. The highest BCUT2D eigenvalue weighted by atomic mass is 32.2. The fourth-order valence-electron chi connectivity index (χ4n) is 4.10. The van der Waals surface area contributed by atoms with Gasteiger partial charge in [-0.2, -0.15) is 4.99 Å². The van der Waals surface area contributed by atoms with E-state index < -0.39 is 12.4 Å². The Balaban J connectivity index is 1.20. The molecule has 4 aromatic rings. The second kappa shape index (κ2) is 12.3. The number of ether oxygens (including phenoxy) is 1. The zero-order chi connectivity index (χ0) is 29.7. The van der Waals surface area contributed by atoms with E-state index in [1.807, 2.05) is 43.3 Å². The van der Waals surface area contributed by atoms with Gasteiger partial charge in [-0.25, -0.2) is 14.5 Å². The second-order valence-electron chi connectivity index (χ2n) is 8.85. The molecule has 3 aromatic carbocycles. The number of benzene rings is 3. The quantitative estimate of drug-likeness (QED) is 0.274. The van der Waals surface area contributed by atoms with Crippen molar-refractivity contribution in [2.45, 2.75) is 19.7 Å². The first-order chi connectivity index (χ1) is 20.2. The molecule has 0 saturated carbocycles. The number of para-hydroxylation sites is 1. The van der Waals surface area contributed by atoms with E-state index in [1.165, 1.54) is 58.1 Å². The molecule has 0 aliphatic carbocycles. The Hall–Kier alpha value is -4.91. The van der Waals surface area contributed by atoms with Gasteiger partial charge in [0.2, 0.25) is 5.91 Å². The number of rotatable bonds is 7. The van der Waals surface area contributed by atoms with Crippen LogP contribution in [0.4, 0.5) is 23.7 Å². The molecule has 0 spiro atoms. The Labute approximate surface area is 242 Å². The topological polar surface area (TPSA) is 102 Å². The van der Waals surface area contributed by atoms with Crippen LogP contribution >= 0.6 is 11.8 Å². The summed E-state index contributed by atoms with van der Waals surface area (Å²) in [6.07, 6.45) is 0.588. The van der Waals surface area contributed by atoms with Crippen LogP contribution in [0, 0.1) is 0 Å². The number of aryl methyl sites for hydroxylation is 1. The molecule has 0 unspecified atom stereocenters. The SMILES string of the molecule is CCc1ccccc1N1C(=O)CSC1=NC(=O)N/C=C/c1ccc(-c2ncn(-c3ccc(OC(F)(F)F)cc3)n2)cc1. The van der Waals surface area contributed by atoms with Gasteiger partial charge in [-0.15, -0.1) is 18.3 Å². The van der Waals surface area contributed by atoms with Crippen molar-refractivity contribution in [1.29, 1.82) is 0 Å². The van der Waals surface area contributed by atoms with Crippen LogP contribution in [0.2, 0.25) is 0 Å². The van der Waals surface area contributed by atoms with Gasteiger partial charge in [-0.05, 0) is 54.0 Å². The van der Waals surface area contributed by atoms with E-state index in [9.17, 15) is 22.8 Å². The average molecular weight is 593 g/mol. The fraction of sp³-hybridized carbons (Fsp3) is 0.138. The van der Waals surface area contributed by atoms with Crippen LogP contribution in [0.1, 0.15) is 18.1 Å². The minimum atomic E-state index is -4.76. The molecule has 0 atom stereocenters. The molecular formula is C29H23F3N6O3S. The van der Waals surface area contributed by atoms with Crippen LogP contribution in [0.5, 0.6) is 5.75 Å². The number of carbonyl (C=O) groups is 2. The van der Waals surface area contributed by atoms with Crippen molar-refractivity contribution in [2.24, 2.45) is 4.99 Å². The molecule has 0 bridgehead atoms. The first-order valence-corrected chi connectivity index (χ1v) is 13.7. The third-order valence-electron chi connectivity index (χ3n) is 6.05. The summed E-state index contributed by atoms with van der Waals surface area (Å²) in [5.74, 6) is 0.174. The van der Waals surface area contributed by atoms with Gasteiger partial charge >= 0.3 is 12.4 Å². The van der Waals surface area contributed by atoms with E-state index in [0.717, 1.165) is 23.2 Å². The number of alkyl halides is 3. The van der Waals surface area contributed by atoms with Crippen LogP contribution in [0.25, 0.3) is 23.2 Å². The fourth-order valence-corrected chi connectivity index (χ4v) is 4.96. The molecule has 13 heteroatoms. The number of nitrogens with one attached hydrogen (secondary N) is 1. The number of nitrogens with zero attached hydrogens (tertiary/aromatic N) is 5. The van der Waals surface area contributed by atoms with E-state index in [1.54, 1.807) is 18.2 Å². The maximum atomic E-state index is 12.5. The Morgan fingerprint density at radius 2 is 1.83 bits per heavy atom. The van der Waals surface area contributed by atoms with E-state index in [2.05, 4.69) is 25.1 Å². The first kappa shape index (κ1) is 28.6. The van der Waals surface area contributed by atoms with Gasteiger partial charge in [-0.3, -0.25) is 9.69 Å². The summed E-state index contributed by atoms with van der Waals surface area (Å²) < 4.78 is 42.4. The molecule has 0 radical (unpaired) electrons. The lowest BCUT2D eigenvalue weighted by molar-refractivity contribution is -0.274. The van der Waals surface area contributed by atoms with Crippen molar-refractivity contribution in [3.05, 3.63) is 96.5 Å². The van der Waals surface area contributed by atoms with Crippen molar-refractivity contribution in [3.63, 3.8) is 0 Å². The van der Waals surface area contributed by atoms with E-state index >= 15 is 0 Å². The van der Waals surface area contributed by atoms with Gasteiger partial charge in [0.25, 0.3) is 0 Å². The number of hydrogen-bond acceptors (Lipinski definition) is 6. The van der Waals surface area contributed by atoms with Gasteiger partial charge < -0.3 is 10.1 Å². The molecule has 1 N–H and O–H groups in total. The Morgan fingerprint density at radius 1 is 1.10 bits per heavy atom. The predicted molar refractivity (Wildman–Crippen MR) is 154 cm³/mol. The van der Waals surface area contributed by atoms with Crippen LogP contribution in [0.15, 0.2) is 90.3 Å². The molecule has 42 heavy (non-hydrogen) atoms. The molecule has 1 saturated heterocycles. The normalized spacial score (nSPS) is 14.6. The van der Waals surface area contributed by atoms with Crippen LogP contribution < -0.4 is 15.0 Å². The lowest BCUT2D eigenvalue weighted by Gasteiger charge is -2.19. The monoisotopic (exact) mass is 592 g/mol. The van der Waals surface area contributed by atoms with Gasteiger partial charge in [0, 0.05) is 11.8 Å². The lowest BCUT2D eigenvalue weighted by Crippen LogP contribution is -2.31. The van der Waals surface area contributed by atoms with Gasteiger partial charge in [-0.1, -0.05) is 61.2 Å². The molecule has 9 nitrogen and oxygen atoms in total. The summed E-state index contributed by atoms with van der Waals surface area (Å²) in [5.41, 5.74) is 3.73. The third kappa shape index (κ3) is 6.86. The standard InChI is InChI=1S/C29H23F3N6O3S/c1-2-20-5-3-4-6-24(20)38-25(39)17-42-28(38)35-27(40)33-16-15-19-7-9-21(10-8-19)26-34-18-37(36-26)22-11-13-23(14-12-22)41-29(30,31)32/h3-16,18H,2,17H2,1H3,(H,33,40)/b16-15+,35-28?. The molecule has 1 aliphatic rings. The molecule has 1 fully saturated rings. The van der Waals surface area contributed by atoms with Crippen molar-refractivity contribution in [1.82, 2.24) is 20.1 Å². The zero-order valence-corrected chi connectivity index (χ0v) is 22.9. The number of urea groups is 1. The second-order valence-corrected chi connectivity index (χ2v) is 9.80. The van der Waals surface area contributed by atoms with E-state index in [0.29, 0.717) is 22.2 Å². The van der Waals surface area contributed by atoms with Crippen molar-refractivity contribution < 1.29 is 27.5 Å². The van der Waals surface area contributed by atoms with Crippen molar-refractivity contribution in [3.8, 4) is 22.8 Å². The number of anilines is 1. The highest BCUT2D eigenvalue weighted by Crippen LogP contribution is 2.30. The molecule has 5 rings (SSSR count). The predicted octanol–water partition coefficient (Wildman–Crippen LogP) is 6.21. The summed E-state index contributed by atoms with van der Waals surface area (Å²) in [5, 5.41) is 7.31. The lowest BCUT2D eigenvalue weighted by atomic mass is 10.1. The molecule has 2 heterocycles. The Kier molecular flexibility index (Phi) is 8.38. The van der Waals surface area contributed by atoms with Gasteiger partial charge in [0.15, 0.2) is 11.0 Å². The number of halogens is 3. The Bertz CT molecular complexity index is 1650. The van der Waals surface area contributed by atoms with Gasteiger partial charge in [0.1, 0.15) is 12.1 Å². The van der Waals surface area contributed by atoms with Crippen molar-refractivity contribution >= 4 is 40.6 Å². The first-order valence-electron chi connectivity index (χ1n) is 12.7. The van der Waals surface area contributed by atoms with Gasteiger partial charge in [0.05, 0.1) is 17.1 Å². The summed E-state index contributed by atoms with van der Waals surface area (Å²) in [4.78, 5) is 34.9. The minimum absolute atomic E-state index is 0.129. The number of thioether (sulfide) groups is 1. The summed E-state index contributed by atoms with van der Waals surface area (Å²) >= 11 is 1.21. The maximum absolute atomic E-state index is 12.5. The van der Waals surface area contributed by atoms with Crippen LogP contribution in [-0.4, -0.2) is 44.0 Å². The van der Waals surface area contributed by atoms with Crippen LogP contribution in [0.3, 0.4) is 0 Å². The summed E-state index contributed by atoms with van der Waals surface area (Å²) in [6.45, 7) is 2.00. The van der Waals surface area contributed by atoms with Crippen LogP contribution in [-0.2, 0) is 11.2 Å². The number of amidine groups is 1. The molecule has 214 valence electrons. The minimum Gasteiger partial charge on any atom is -0.406 e. The molecule has 1 aromatic heterocycles. The summed E-state index contributed by atoms with van der Waals surface area (Å²) in [6, 6.07) is 19.4. The third-order valence-corrected chi connectivity index (χ3v) is 6.98. The summed E-state index contributed by atoms with van der Waals surface area (Å²) in [7, 11) is 0. The zero-order valence-electron chi connectivity index (χ0n) is 22.1. The molecular weight excluding hydrogens is 569 g/mol. The highest BCUT2D eigenvalue weighted by Gasteiger charge is 2.32. The highest BCUT2D eigenvalue weighted by molar-refractivity contribution is 8.15. The number of hydrogen-bond donors (Lipinski definition) is 1. The van der Waals surface area contributed by atoms with E-state index in [4.69, 9.17) is 0 Å². The number of aromatic nitrogens is 3.